The minimum Gasteiger partial charge on any atom is -0.376 e. The molecule has 3 aromatic rings. The minimum atomic E-state index is -0.0874. The molecule has 0 spiro atoms. The zero-order valence-electron chi connectivity index (χ0n) is 18.0. The predicted octanol–water partition coefficient (Wildman–Crippen LogP) is 3.60. The quantitative estimate of drug-likeness (QED) is 0.576. The predicted molar refractivity (Wildman–Crippen MR) is 127 cm³/mol. The van der Waals surface area contributed by atoms with Gasteiger partial charge in [-0.3, -0.25) is 9.78 Å². The number of fused-ring (bicyclic) bond motifs is 1. The number of thiocarbonyl (C=S) groups is 1. The third kappa shape index (κ3) is 5.29. The second-order valence-electron chi connectivity index (χ2n) is 8.21. The van der Waals surface area contributed by atoms with E-state index in [1.54, 1.807) is 6.20 Å². The SMILES string of the molecule is Cc1cc(C)c2cc(CN(Cc3cccnc3)C(=S)NC[C@H]3CCCO3)c(=O)[nH]c2c1. The van der Waals surface area contributed by atoms with Crippen LogP contribution in [0, 0.1) is 13.8 Å². The van der Waals surface area contributed by atoms with Gasteiger partial charge in [-0.25, -0.2) is 0 Å². The van der Waals surface area contributed by atoms with E-state index in [2.05, 4.69) is 28.3 Å². The second kappa shape index (κ2) is 9.58. The summed E-state index contributed by atoms with van der Waals surface area (Å²) in [7, 11) is 0. The molecular weight excluding hydrogens is 408 g/mol. The molecule has 1 saturated heterocycles. The number of hydrogen-bond acceptors (Lipinski definition) is 4. The van der Waals surface area contributed by atoms with Crippen LogP contribution in [0.5, 0.6) is 0 Å². The maximum absolute atomic E-state index is 12.9. The molecule has 1 aromatic carbocycles. The van der Waals surface area contributed by atoms with Crippen LogP contribution in [-0.2, 0) is 17.8 Å². The molecule has 1 atom stereocenters. The first-order chi connectivity index (χ1) is 15.0. The lowest BCUT2D eigenvalue weighted by Gasteiger charge is -2.27. The molecule has 3 heterocycles. The van der Waals surface area contributed by atoms with Gasteiger partial charge in [-0.05, 0) is 73.8 Å². The van der Waals surface area contributed by atoms with E-state index >= 15 is 0 Å². The monoisotopic (exact) mass is 436 g/mol. The van der Waals surface area contributed by atoms with Crippen molar-refractivity contribution in [3.8, 4) is 0 Å². The Bertz CT molecular complexity index is 1120. The Balaban J connectivity index is 1.59. The molecule has 2 aromatic heterocycles. The van der Waals surface area contributed by atoms with Crippen molar-refractivity contribution in [2.45, 2.75) is 45.9 Å². The van der Waals surface area contributed by atoms with Crippen molar-refractivity contribution in [1.29, 1.82) is 0 Å². The maximum atomic E-state index is 12.9. The van der Waals surface area contributed by atoms with E-state index in [0.717, 1.165) is 47.0 Å². The third-order valence-electron chi connectivity index (χ3n) is 5.64. The summed E-state index contributed by atoms with van der Waals surface area (Å²) < 4.78 is 5.70. The summed E-state index contributed by atoms with van der Waals surface area (Å²) in [6, 6.07) is 10.0. The Kier molecular flexibility index (Phi) is 6.63. The Morgan fingerprint density at radius 2 is 2.19 bits per heavy atom. The van der Waals surface area contributed by atoms with Gasteiger partial charge in [0.05, 0.1) is 12.6 Å². The van der Waals surface area contributed by atoms with Crippen molar-refractivity contribution in [1.82, 2.24) is 20.2 Å². The van der Waals surface area contributed by atoms with Crippen LogP contribution in [0.25, 0.3) is 10.9 Å². The lowest BCUT2D eigenvalue weighted by Crippen LogP contribution is -2.42. The van der Waals surface area contributed by atoms with Gasteiger partial charge in [0, 0.05) is 48.6 Å². The van der Waals surface area contributed by atoms with E-state index in [4.69, 9.17) is 17.0 Å². The summed E-state index contributed by atoms with van der Waals surface area (Å²) in [6.45, 7) is 6.56. The van der Waals surface area contributed by atoms with Crippen molar-refractivity contribution in [2.75, 3.05) is 13.2 Å². The number of aromatic nitrogens is 2. The molecule has 31 heavy (non-hydrogen) atoms. The van der Waals surface area contributed by atoms with Gasteiger partial charge in [0.1, 0.15) is 0 Å². The standard InChI is InChI=1S/C24H28N4O2S/c1-16-9-17(2)21-11-19(23(29)27-22(21)10-16)15-28(14-18-5-3-7-25-12-18)24(31)26-13-20-6-4-8-30-20/h3,5,7,9-12,20H,4,6,8,13-15H2,1-2H3,(H,26,31)(H,27,29)/t20-/m1/s1. The summed E-state index contributed by atoms with van der Waals surface area (Å²) in [4.78, 5) is 22.1. The van der Waals surface area contributed by atoms with E-state index in [9.17, 15) is 4.79 Å². The van der Waals surface area contributed by atoms with Crippen LogP contribution in [0.4, 0.5) is 0 Å². The van der Waals surface area contributed by atoms with Gasteiger partial charge in [0.15, 0.2) is 5.11 Å². The highest BCUT2D eigenvalue weighted by Gasteiger charge is 2.19. The van der Waals surface area contributed by atoms with Crippen LogP contribution < -0.4 is 10.9 Å². The topological polar surface area (TPSA) is 70.2 Å². The fourth-order valence-corrected chi connectivity index (χ4v) is 4.28. The van der Waals surface area contributed by atoms with E-state index in [0.29, 0.717) is 30.3 Å². The first-order valence-electron chi connectivity index (χ1n) is 10.7. The number of aryl methyl sites for hydroxylation is 2. The average molecular weight is 437 g/mol. The van der Waals surface area contributed by atoms with Crippen molar-refractivity contribution >= 4 is 28.2 Å². The number of pyridine rings is 2. The summed E-state index contributed by atoms with van der Waals surface area (Å²) in [5.41, 5.74) is 4.77. The molecule has 1 fully saturated rings. The first kappa shape index (κ1) is 21.5. The Morgan fingerprint density at radius 3 is 2.94 bits per heavy atom. The largest absolute Gasteiger partial charge is 0.376 e. The molecule has 0 bridgehead atoms. The van der Waals surface area contributed by atoms with Gasteiger partial charge in [0.2, 0.25) is 0 Å². The molecule has 1 aliphatic rings. The number of rotatable bonds is 6. The molecule has 1 aliphatic heterocycles. The number of ether oxygens (including phenoxy) is 1. The van der Waals surface area contributed by atoms with Crippen LogP contribution in [-0.4, -0.2) is 39.2 Å². The molecule has 0 aliphatic carbocycles. The molecule has 162 valence electrons. The van der Waals surface area contributed by atoms with Gasteiger partial charge in [0.25, 0.3) is 5.56 Å². The fourth-order valence-electron chi connectivity index (χ4n) is 4.07. The molecule has 6 nitrogen and oxygen atoms in total. The number of aromatic amines is 1. The summed E-state index contributed by atoms with van der Waals surface area (Å²) in [5.74, 6) is 0. The Labute approximate surface area is 187 Å². The third-order valence-corrected chi connectivity index (χ3v) is 6.04. The van der Waals surface area contributed by atoms with Crippen LogP contribution in [0.3, 0.4) is 0 Å². The van der Waals surface area contributed by atoms with E-state index < -0.39 is 0 Å². The number of nitrogens with zero attached hydrogens (tertiary/aromatic N) is 2. The average Bonchev–Trinajstić information content (AvgIpc) is 3.27. The van der Waals surface area contributed by atoms with E-state index in [-0.39, 0.29) is 11.7 Å². The zero-order valence-corrected chi connectivity index (χ0v) is 18.8. The molecule has 0 radical (unpaired) electrons. The van der Waals surface area contributed by atoms with Gasteiger partial charge in [-0.2, -0.15) is 0 Å². The number of benzene rings is 1. The van der Waals surface area contributed by atoms with Crippen LogP contribution >= 0.6 is 12.2 Å². The summed E-state index contributed by atoms with van der Waals surface area (Å²) >= 11 is 5.72. The van der Waals surface area contributed by atoms with Crippen molar-refractivity contribution < 1.29 is 4.74 Å². The minimum absolute atomic E-state index is 0.0874. The van der Waals surface area contributed by atoms with Crippen molar-refractivity contribution in [2.24, 2.45) is 0 Å². The van der Waals surface area contributed by atoms with E-state index in [1.807, 2.05) is 42.3 Å². The maximum Gasteiger partial charge on any atom is 0.253 e. The highest BCUT2D eigenvalue weighted by molar-refractivity contribution is 7.80. The van der Waals surface area contributed by atoms with Crippen molar-refractivity contribution in [3.05, 3.63) is 75.3 Å². The summed E-state index contributed by atoms with van der Waals surface area (Å²) in [6.07, 6.45) is 5.90. The lowest BCUT2D eigenvalue weighted by atomic mass is 10.0. The van der Waals surface area contributed by atoms with Gasteiger partial charge < -0.3 is 19.9 Å². The van der Waals surface area contributed by atoms with Crippen LogP contribution in [0.15, 0.2) is 47.5 Å². The number of H-pyrrole nitrogens is 1. The number of hydrogen-bond donors (Lipinski definition) is 2. The molecular formula is C24H28N4O2S. The summed E-state index contributed by atoms with van der Waals surface area (Å²) in [5, 5.41) is 5.01. The Hall–Kier alpha value is -2.77. The highest BCUT2D eigenvalue weighted by Crippen LogP contribution is 2.19. The normalized spacial score (nSPS) is 15.9. The fraction of sp³-hybridized carbons (Fsp3) is 0.375. The smallest absolute Gasteiger partial charge is 0.253 e. The molecule has 0 amide bonds. The molecule has 7 heteroatoms. The number of nitrogens with one attached hydrogen (secondary N) is 2. The highest BCUT2D eigenvalue weighted by atomic mass is 32.1. The molecule has 0 unspecified atom stereocenters. The molecule has 4 rings (SSSR count). The van der Waals surface area contributed by atoms with Crippen molar-refractivity contribution in [3.63, 3.8) is 0 Å². The molecule has 2 N–H and O–H groups in total. The van der Waals surface area contributed by atoms with Crippen LogP contribution in [0.2, 0.25) is 0 Å². The second-order valence-corrected chi connectivity index (χ2v) is 8.59. The first-order valence-corrected chi connectivity index (χ1v) is 11.1. The van der Waals surface area contributed by atoms with Gasteiger partial charge in [-0.1, -0.05) is 12.1 Å². The van der Waals surface area contributed by atoms with E-state index in [1.165, 1.54) is 0 Å². The zero-order chi connectivity index (χ0) is 21.8. The van der Waals surface area contributed by atoms with Gasteiger partial charge in [-0.15, -0.1) is 0 Å². The Morgan fingerprint density at radius 1 is 1.32 bits per heavy atom. The molecule has 0 saturated carbocycles. The van der Waals surface area contributed by atoms with Gasteiger partial charge >= 0.3 is 0 Å². The van der Waals surface area contributed by atoms with Crippen LogP contribution in [0.1, 0.15) is 35.1 Å². The lowest BCUT2D eigenvalue weighted by molar-refractivity contribution is 0.113.